The molecule has 0 bridgehead atoms. The van der Waals surface area contributed by atoms with Crippen molar-refractivity contribution in [2.24, 2.45) is 0 Å². The lowest BCUT2D eigenvalue weighted by Gasteiger charge is -2.19. The molecule has 2 heterocycles. The molecule has 1 atom stereocenters. The first-order chi connectivity index (χ1) is 17.9. The van der Waals surface area contributed by atoms with Crippen molar-refractivity contribution in [1.29, 1.82) is 0 Å². The zero-order valence-corrected chi connectivity index (χ0v) is 22.0. The summed E-state index contributed by atoms with van der Waals surface area (Å²) in [4.78, 5) is 2.16. The molecule has 1 aliphatic heterocycles. The Kier molecular flexibility index (Phi) is 6.10. The van der Waals surface area contributed by atoms with E-state index in [4.69, 9.17) is 4.74 Å². The van der Waals surface area contributed by atoms with Crippen molar-refractivity contribution in [3.8, 4) is 16.9 Å². The predicted octanol–water partition coefficient (Wildman–Crippen LogP) is 5.34. The molecule has 1 unspecified atom stereocenters. The van der Waals surface area contributed by atoms with E-state index < -0.39 is 10.1 Å². The summed E-state index contributed by atoms with van der Waals surface area (Å²) in [6, 6.07) is 29.0. The van der Waals surface area contributed by atoms with Gasteiger partial charge in [-0.1, -0.05) is 72.0 Å². The minimum Gasteiger partial charge on any atom is -0.748 e. The lowest BCUT2D eigenvalue weighted by atomic mass is 10.0. The van der Waals surface area contributed by atoms with E-state index in [9.17, 15) is 13.0 Å². The molecule has 1 aliphatic rings. The van der Waals surface area contributed by atoms with Crippen molar-refractivity contribution in [3.63, 3.8) is 0 Å². The molecule has 6 nitrogen and oxygen atoms in total. The summed E-state index contributed by atoms with van der Waals surface area (Å²) >= 11 is 1.69. The molecule has 0 aliphatic carbocycles. The van der Waals surface area contributed by atoms with E-state index in [1.54, 1.807) is 11.3 Å². The standard InChI is InChI=1S/C29H26N2O4S2/c1-30-24-18-22(20-8-3-2-4-9-20)12-14-25(24)35-27(30)19-28-31(16-7-17-37(32,33)34)29-23-11-6-5-10-21(23)13-15-26(29)36-28/h2-6,8-15,18,27H,7,16-17,19H2,1H3. The first-order valence-electron chi connectivity index (χ1n) is 12.2. The van der Waals surface area contributed by atoms with E-state index in [0.29, 0.717) is 13.0 Å². The van der Waals surface area contributed by atoms with Gasteiger partial charge >= 0.3 is 0 Å². The van der Waals surface area contributed by atoms with Crippen LogP contribution in [0.2, 0.25) is 0 Å². The van der Waals surface area contributed by atoms with Crippen LogP contribution in [0.3, 0.4) is 0 Å². The fourth-order valence-corrected chi connectivity index (χ4v) is 6.81. The molecule has 188 valence electrons. The quantitative estimate of drug-likeness (QED) is 0.210. The van der Waals surface area contributed by atoms with Gasteiger partial charge in [-0.3, -0.25) is 0 Å². The Morgan fingerprint density at radius 3 is 2.57 bits per heavy atom. The number of fused-ring (bicyclic) bond motifs is 4. The molecule has 0 saturated carbocycles. The van der Waals surface area contributed by atoms with Gasteiger partial charge in [0.25, 0.3) is 0 Å². The first kappa shape index (κ1) is 23.9. The Balaban J connectivity index is 1.35. The number of aryl methyl sites for hydroxylation is 1. The third-order valence-electron chi connectivity index (χ3n) is 6.93. The largest absolute Gasteiger partial charge is 0.748 e. The summed E-state index contributed by atoms with van der Waals surface area (Å²) in [7, 11) is -2.23. The van der Waals surface area contributed by atoms with Gasteiger partial charge in [0.2, 0.25) is 10.5 Å². The molecule has 1 aromatic heterocycles. The molecular formula is C29H26N2O4S2. The highest BCUT2D eigenvalue weighted by Gasteiger charge is 2.33. The van der Waals surface area contributed by atoms with Crippen LogP contribution in [-0.4, -0.2) is 32.0 Å². The lowest BCUT2D eigenvalue weighted by molar-refractivity contribution is -0.673. The van der Waals surface area contributed by atoms with Crippen LogP contribution < -0.4 is 14.2 Å². The van der Waals surface area contributed by atoms with Crippen molar-refractivity contribution in [1.82, 2.24) is 0 Å². The summed E-state index contributed by atoms with van der Waals surface area (Å²) in [6.07, 6.45) is 0.694. The van der Waals surface area contributed by atoms with Gasteiger partial charge in [0.1, 0.15) is 10.4 Å². The lowest BCUT2D eigenvalue weighted by Crippen LogP contribution is -2.42. The van der Waals surface area contributed by atoms with Crippen LogP contribution in [0.1, 0.15) is 11.4 Å². The second kappa shape index (κ2) is 9.45. The zero-order chi connectivity index (χ0) is 25.6. The number of ether oxygens (including phenoxy) is 1. The van der Waals surface area contributed by atoms with E-state index in [2.05, 4.69) is 58.0 Å². The van der Waals surface area contributed by atoms with Crippen molar-refractivity contribution < 1.29 is 22.3 Å². The maximum atomic E-state index is 11.3. The predicted molar refractivity (Wildman–Crippen MR) is 147 cm³/mol. The van der Waals surface area contributed by atoms with Crippen LogP contribution in [0, 0.1) is 0 Å². The molecule has 0 amide bonds. The number of nitrogens with zero attached hydrogens (tertiary/aromatic N) is 2. The normalized spacial score (nSPS) is 15.3. The Labute approximate surface area is 220 Å². The number of benzene rings is 4. The number of aromatic nitrogens is 1. The van der Waals surface area contributed by atoms with Gasteiger partial charge in [0.05, 0.1) is 27.6 Å². The van der Waals surface area contributed by atoms with E-state index in [-0.39, 0.29) is 18.4 Å². The summed E-state index contributed by atoms with van der Waals surface area (Å²) in [5, 5.41) is 3.33. The number of anilines is 1. The Bertz CT molecular complexity index is 1710. The molecule has 0 radical (unpaired) electrons. The molecule has 0 saturated heterocycles. The molecule has 0 fully saturated rings. The topological polar surface area (TPSA) is 73.5 Å². The second-order valence-corrected chi connectivity index (χ2v) is 12.0. The highest BCUT2D eigenvalue weighted by Crippen LogP contribution is 2.40. The summed E-state index contributed by atoms with van der Waals surface area (Å²) in [5.74, 6) is 0.470. The van der Waals surface area contributed by atoms with Crippen molar-refractivity contribution >= 4 is 48.1 Å². The minimum atomic E-state index is -4.27. The van der Waals surface area contributed by atoms with Gasteiger partial charge in [0, 0.05) is 19.2 Å². The smallest absolute Gasteiger partial charge is 0.244 e. The number of hydrogen-bond donors (Lipinski definition) is 0. The highest BCUT2D eigenvalue weighted by atomic mass is 32.2. The van der Waals surface area contributed by atoms with Gasteiger partial charge < -0.3 is 14.2 Å². The zero-order valence-electron chi connectivity index (χ0n) is 20.3. The molecule has 37 heavy (non-hydrogen) atoms. The molecule has 0 N–H and O–H groups in total. The summed E-state index contributed by atoms with van der Waals surface area (Å²) < 4.78 is 43.6. The number of thiazole rings is 1. The fraction of sp³-hybridized carbons (Fsp3) is 0.207. The van der Waals surface area contributed by atoms with E-state index in [1.165, 1.54) is 0 Å². The third-order valence-corrected chi connectivity index (χ3v) is 8.89. The van der Waals surface area contributed by atoms with Crippen molar-refractivity contribution in [3.05, 3.63) is 89.9 Å². The Hall–Kier alpha value is -3.46. The van der Waals surface area contributed by atoms with Gasteiger partial charge in [-0.15, -0.1) is 0 Å². The number of rotatable bonds is 7. The van der Waals surface area contributed by atoms with Crippen LogP contribution in [0.15, 0.2) is 84.9 Å². The minimum absolute atomic E-state index is 0.199. The second-order valence-electron chi connectivity index (χ2n) is 9.33. The average molecular weight is 531 g/mol. The van der Waals surface area contributed by atoms with E-state index in [0.717, 1.165) is 48.6 Å². The van der Waals surface area contributed by atoms with Crippen LogP contribution in [0.4, 0.5) is 5.69 Å². The highest BCUT2D eigenvalue weighted by molar-refractivity contribution is 7.85. The molecular weight excluding hydrogens is 504 g/mol. The number of likely N-dealkylation sites (N-methyl/N-ethyl adjacent to an activating group) is 1. The van der Waals surface area contributed by atoms with Crippen LogP contribution in [0.5, 0.6) is 5.75 Å². The van der Waals surface area contributed by atoms with Crippen molar-refractivity contribution in [2.45, 2.75) is 25.6 Å². The molecule has 8 heteroatoms. The van der Waals surface area contributed by atoms with Crippen LogP contribution >= 0.6 is 11.3 Å². The maximum absolute atomic E-state index is 11.3. The Morgan fingerprint density at radius 1 is 0.973 bits per heavy atom. The molecule has 5 aromatic rings. The SMILES string of the molecule is CN1c2cc(-c3ccccc3)ccc2OC1Cc1sc2ccc3ccccc3c2[n+]1CCCS(=O)(=O)[O-]. The van der Waals surface area contributed by atoms with E-state index in [1.807, 2.05) is 43.4 Å². The maximum Gasteiger partial charge on any atom is 0.244 e. The number of hydrogen-bond acceptors (Lipinski definition) is 6. The molecule has 4 aromatic carbocycles. The van der Waals surface area contributed by atoms with Gasteiger partial charge in [-0.25, -0.2) is 8.42 Å². The monoisotopic (exact) mass is 530 g/mol. The van der Waals surface area contributed by atoms with Crippen LogP contribution in [0.25, 0.3) is 32.1 Å². The molecule has 0 spiro atoms. The van der Waals surface area contributed by atoms with Crippen LogP contribution in [-0.2, 0) is 23.1 Å². The van der Waals surface area contributed by atoms with Gasteiger partial charge in [-0.05, 0) is 40.8 Å². The van der Waals surface area contributed by atoms with Gasteiger partial charge in [-0.2, -0.15) is 4.57 Å². The first-order valence-corrected chi connectivity index (χ1v) is 14.6. The fourth-order valence-electron chi connectivity index (χ4n) is 5.10. The average Bonchev–Trinajstić information content (AvgIpc) is 3.40. The molecule has 6 rings (SSSR count). The summed E-state index contributed by atoms with van der Waals surface area (Å²) in [5.41, 5.74) is 4.41. The third kappa shape index (κ3) is 4.68. The van der Waals surface area contributed by atoms with Crippen molar-refractivity contribution in [2.75, 3.05) is 17.7 Å². The van der Waals surface area contributed by atoms with E-state index >= 15 is 0 Å². The Morgan fingerprint density at radius 2 is 1.76 bits per heavy atom. The van der Waals surface area contributed by atoms with Gasteiger partial charge in [0.15, 0.2) is 12.8 Å². The summed E-state index contributed by atoms with van der Waals surface area (Å²) in [6.45, 7) is 0.451.